The highest BCUT2D eigenvalue weighted by molar-refractivity contribution is 7.20. The number of anilines is 3. The van der Waals surface area contributed by atoms with Gasteiger partial charge in [-0.05, 0) is 37.3 Å². The number of aromatic amines is 1. The van der Waals surface area contributed by atoms with Crippen LogP contribution in [0.2, 0.25) is 0 Å². The first-order valence-electron chi connectivity index (χ1n) is 10.9. The number of amides is 1. The number of carbonyl (C=O) groups excluding carboxylic acids is 1. The van der Waals surface area contributed by atoms with E-state index in [2.05, 4.69) is 30.8 Å². The van der Waals surface area contributed by atoms with Crippen molar-refractivity contribution >= 4 is 44.7 Å². The SMILES string of the molecule is Cc1cc(Nc2cc(N3CCC[C@@H](NC(=O)c4cc5ccccc5s4)C3)n[nH]c2=O)nn1C. The molecule has 0 saturated carbocycles. The number of piperidine rings is 1. The van der Waals surface area contributed by atoms with Crippen LogP contribution in [0.15, 0.2) is 47.3 Å². The van der Waals surface area contributed by atoms with Crippen molar-refractivity contribution in [3.05, 3.63) is 63.4 Å². The number of H-pyrrole nitrogens is 1. The van der Waals surface area contributed by atoms with E-state index < -0.39 is 0 Å². The predicted octanol–water partition coefficient (Wildman–Crippen LogP) is 3.17. The molecule has 0 spiro atoms. The van der Waals surface area contributed by atoms with Crippen LogP contribution in [0.25, 0.3) is 10.1 Å². The van der Waals surface area contributed by atoms with Gasteiger partial charge in [0.1, 0.15) is 5.69 Å². The summed E-state index contributed by atoms with van der Waals surface area (Å²) in [6.45, 7) is 3.37. The van der Waals surface area contributed by atoms with E-state index in [0.717, 1.165) is 35.2 Å². The fourth-order valence-electron chi connectivity index (χ4n) is 4.06. The first kappa shape index (κ1) is 21.2. The molecule has 3 aromatic heterocycles. The number of nitrogens with one attached hydrogen (secondary N) is 3. The van der Waals surface area contributed by atoms with Crippen molar-refractivity contribution in [2.75, 3.05) is 23.3 Å². The standard InChI is InChI=1S/C23H25N7O2S/c1-14-10-20(28-29(14)2)25-17-12-21(26-27-22(17)31)30-9-5-7-16(13-30)24-23(32)19-11-15-6-3-4-8-18(15)33-19/h3-4,6,8,10-12,16H,5,7,9,13H2,1-2H3,(H,24,32)(H,27,31)(H,25,26,28)/t16-/m1/s1. The molecule has 1 aromatic carbocycles. The average Bonchev–Trinajstić information content (AvgIpc) is 3.38. The lowest BCUT2D eigenvalue weighted by molar-refractivity contribution is 0.0937. The molecule has 1 aliphatic rings. The first-order chi connectivity index (χ1) is 16.0. The van der Waals surface area contributed by atoms with Gasteiger partial charge in [-0.3, -0.25) is 14.3 Å². The topological polar surface area (TPSA) is 108 Å². The number of hydrogen-bond acceptors (Lipinski definition) is 7. The highest BCUT2D eigenvalue weighted by atomic mass is 32.1. The third-order valence-corrected chi connectivity index (χ3v) is 7.01. The highest BCUT2D eigenvalue weighted by Crippen LogP contribution is 2.26. The van der Waals surface area contributed by atoms with Gasteiger partial charge in [0.2, 0.25) is 0 Å². The maximum atomic E-state index is 12.9. The van der Waals surface area contributed by atoms with Crippen LogP contribution < -0.4 is 21.1 Å². The van der Waals surface area contributed by atoms with Gasteiger partial charge in [0, 0.05) is 48.7 Å². The number of aryl methyl sites for hydroxylation is 2. The van der Waals surface area contributed by atoms with E-state index in [4.69, 9.17) is 0 Å². The molecule has 0 unspecified atom stereocenters. The largest absolute Gasteiger partial charge is 0.353 e. The van der Waals surface area contributed by atoms with E-state index in [0.29, 0.717) is 28.7 Å². The molecule has 1 amide bonds. The van der Waals surface area contributed by atoms with Crippen LogP contribution in [0.3, 0.4) is 0 Å². The second-order valence-corrected chi connectivity index (χ2v) is 9.38. The van der Waals surface area contributed by atoms with Gasteiger partial charge in [0.05, 0.1) is 4.88 Å². The molecule has 10 heteroatoms. The van der Waals surface area contributed by atoms with Gasteiger partial charge in [-0.15, -0.1) is 11.3 Å². The Morgan fingerprint density at radius 3 is 2.88 bits per heavy atom. The molecule has 9 nitrogen and oxygen atoms in total. The average molecular weight is 464 g/mol. The molecule has 1 saturated heterocycles. The Kier molecular flexibility index (Phi) is 5.59. The van der Waals surface area contributed by atoms with E-state index in [1.54, 1.807) is 10.7 Å². The number of hydrogen-bond donors (Lipinski definition) is 3. The van der Waals surface area contributed by atoms with Gasteiger partial charge in [-0.1, -0.05) is 18.2 Å². The molecule has 4 aromatic rings. The lowest BCUT2D eigenvalue weighted by Gasteiger charge is -2.33. The third kappa shape index (κ3) is 4.47. The van der Waals surface area contributed by atoms with Gasteiger partial charge in [-0.25, -0.2) is 5.10 Å². The Morgan fingerprint density at radius 1 is 1.24 bits per heavy atom. The molecule has 1 aliphatic heterocycles. The maximum Gasteiger partial charge on any atom is 0.288 e. The Morgan fingerprint density at radius 2 is 2.09 bits per heavy atom. The van der Waals surface area contributed by atoms with Crippen molar-refractivity contribution in [1.29, 1.82) is 0 Å². The van der Waals surface area contributed by atoms with E-state index in [-0.39, 0.29) is 17.5 Å². The fourth-order valence-corrected chi connectivity index (χ4v) is 5.03. The first-order valence-corrected chi connectivity index (χ1v) is 11.7. The van der Waals surface area contributed by atoms with E-state index in [1.807, 2.05) is 50.4 Å². The van der Waals surface area contributed by atoms with Crippen LogP contribution in [-0.2, 0) is 7.05 Å². The number of aromatic nitrogens is 4. The van der Waals surface area contributed by atoms with E-state index in [1.165, 1.54) is 11.3 Å². The van der Waals surface area contributed by atoms with Gasteiger partial charge < -0.3 is 15.5 Å². The maximum absolute atomic E-state index is 12.9. The van der Waals surface area contributed by atoms with Gasteiger partial charge in [0.15, 0.2) is 11.6 Å². The monoisotopic (exact) mass is 463 g/mol. The quantitative estimate of drug-likeness (QED) is 0.420. The van der Waals surface area contributed by atoms with Crippen LogP contribution in [0, 0.1) is 6.92 Å². The van der Waals surface area contributed by atoms with Crippen LogP contribution in [0.1, 0.15) is 28.2 Å². The molecule has 170 valence electrons. The Balaban J connectivity index is 1.29. The number of nitrogens with zero attached hydrogens (tertiary/aromatic N) is 4. The molecule has 0 aliphatic carbocycles. The van der Waals surface area contributed by atoms with Crippen molar-refractivity contribution in [2.24, 2.45) is 7.05 Å². The van der Waals surface area contributed by atoms with Crippen LogP contribution in [-0.4, -0.2) is 45.0 Å². The second kappa shape index (κ2) is 8.70. The Labute approximate surface area is 194 Å². The van der Waals surface area contributed by atoms with Crippen molar-refractivity contribution in [3.8, 4) is 0 Å². The summed E-state index contributed by atoms with van der Waals surface area (Å²) in [4.78, 5) is 28.0. The van der Waals surface area contributed by atoms with Crippen molar-refractivity contribution in [1.82, 2.24) is 25.3 Å². The normalized spacial score (nSPS) is 16.2. The summed E-state index contributed by atoms with van der Waals surface area (Å²) >= 11 is 1.50. The van der Waals surface area contributed by atoms with Crippen LogP contribution >= 0.6 is 11.3 Å². The molecule has 33 heavy (non-hydrogen) atoms. The Hall–Kier alpha value is -3.66. The predicted molar refractivity (Wildman–Crippen MR) is 131 cm³/mol. The second-order valence-electron chi connectivity index (χ2n) is 8.30. The summed E-state index contributed by atoms with van der Waals surface area (Å²) in [6, 6.07) is 13.6. The zero-order valence-corrected chi connectivity index (χ0v) is 19.3. The molecular formula is C23H25N7O2S. The van der Waals surface area contributed by atoms with Crippen molar-refractivity contribution in [2.45, 2.75) is 25.8 Å². The lowest BCUT2D eigenvalue weighted by Crippen LogP contribution is -2.48. The number of fused-ring (bicyclic) bond motifs is 1. The van der Waals surface area contributed by atoms with Gasteiger partial charge in [-0.2, -0.15) is 10.2 Å². The Bertz CT molecular complexity index is 1320. The summed E-state index contributed by atoms with van der Waals surface area (Å²) in [5, 5.41) is 18.5. The summed E-state index contributed by atoms with van der Waals surface area (Å²) in [5.41, 5.74) is 1.06. The highest BCUT2D eigenvalue weighted by Gasteiger charge is 2.24. The molecule has 1 fully saturated rings. The fraction of sp³-hybridized carbons (Fsp3) is 0.304. The minimum absolute atomic E-state index is 0.0000362. The number of rotatable bonds is 5. The number of thiophene rings is 1. The van der Waals surface area contributed by atoms with Crippen LogP contribution in [0.5, 0.6) is 0 Å². The number of carbonyl (C=O) groups is 1. The smallest absolute Gasteiger partial charge is 0.288 e. The zero-order chi connectivity index (χ0) is 22.9. The summed E-state index contributed by atoms with van der Waals surface area (Å²) < 4.78 is 2.85. The molecule has 0 bridgehead atoms. The van der Waals surface area contributed by atoms with Crippen LogP contribution in [0.4, 0.5) is 17.3 Å². The van der Waals surface area contributed by atoms with Gasteiger partial charge >= 0.3 is 0 Å². The summed E-state index contributed by atoms with van der Waals surface area (Å²) in [7, 11) is 1.85. The van der Waals surface area contributed by atoms with Crippen molar-refractivity contribution in [3.63, 3.8) is 0 Å². The zero-order valence-electron chi connectivity index (χ0n) is 18.5. The molecule has 0 radical (unpaired) electrons. The minimum atomic E-state index is -0.311. The molecule has 1 atom stereocenters. The van der Waals surface area contributed by atoms with E-state index in [9.17, 15) is 9.59 Å². The molecule has 3 N–H and O–H groups in total. The molecular weight excluding hydrogens is 438 g/mol. The minimum Gasteiger partial charge on any atom is -0.353 e. The van der Waals surface area contributed by atoms with E-state index >= 15 is 0 Å². The van der Waals surface area contributed by atoms with Gasteiger partial charge in [0.25, 0.3) is 11.5 Å². The number of benzene rings is 1. The molecule has 5 rings (SSSR count). The lowest BCUT2D eigenvalue weighted by atomic mass is 10.1. The summed E-state index contributed by atoms with van der Waals surface area (Å²) in [5.74, 6) is 1.21. The third-order valence-electron chi connectivity index (χ3n) is 5.90. The molecule has 4 heterocycles. The summed E-state index contributed by atoms with van der Waals surface area (Å²) in [6.07, 6.45) is 1.81. The van der Waals surface area contributed by atoms with Crippen molar-refractivity contribution < 1.29 is 4.79 Å².